The Morgan fingerprint density at radius 2 is 2.00 bits per heavy atom. The molecule has 86 valence electrons. The summed E-state index contributed by atoms with van der Waals surface area (Å²) in [6, 6.07) is 1.55. The zero-order valence-electron chi connectivity index (χ0n) is 8.50. The Morgan fingerprint density at radius 1 is 1.31 bits per heavy atom. The molecule has 5 heteroatoms. The number of hydrogen-bond acceptors (Lipinski definition) is 3. The van der Waals surface area contributed by atoms with Gasteiger partial charge in [-0.25, -0.2) is 13.6 Å². The molecule has 2 rings (SSSR count). The molecular weight excluding hydrogens is 216 g/mol. The van der Waals surface area contributed by atoms with Crippen molar-refractivity contribution >= 4 is 11.7 Å². The average molecular weight is 227 g/mol. The topological polar surface area (TPSA) is 52.3 Å². The van der Waals surface area contributed by atoms with Gasteiger partial charge in [-0.2, -0.15) is 0 Å². The van der Waals surface area contributed by atoms with Crippen LogP contribution in [0, 0.1) is 11.6 Å². The SMILES string of the molecule is Nc1cc(C(=O)OC2CCC2)c(F)cc1F. The van der Waals surface area contributed by atoms with Gasteiger partial charge in [0.1, 0.15) is 17.7 Å². The highest BCUT2D eigenvalue weighted by atomic mass is 19.1. The number of carbonyl (C=O) groups excluding carboxylic acids is 1. The molecule has 0 saturated heterocycles. The van der Waals surface area contributed by atoms with E-state index in [2.05, 4.69) is 0 Å². The Hall–Kier alpha value is -1.65. The van der Waals surface area contributed by atoms with E-state index in [1.165, 1.54) is 0 Å². The number of nitrogen functional groups attached to an aromatic ring is 1. The Morgan fingerprint density at radius 3 is 2.56 bits per heavy atom. The molecule has 1 aromatic rings. The first-order valence-electron chi connectivity index (χ1n) is 5.03. The van der Waals surface area contributed by atoms with Crippen LogP contribution in [-0.2, 0) is 4.74 Å². The van der Waals surface area contributed by atoms with Crippen molar-refractivity contribution in [2.24, 2.45) is 0 Å². The quantitative estimate of drug-likeness (QED) is 0.622. The monoisotopic (exact) mass is 227 g/mol. The normalized spacial score (nSPS) is 15.6. The first kappa shape index (κ1) is 10.9. The number of esters is 1. The van der Waals surface area contributed by atoms with Gasteiger partial charge >= 0.3 is 5.97 Å². The van der Waals surface area contributed by atoms with E-state index in [0.717, 1.165) is 25.3 Å². The van der Waals surface area contributed by atoms with Crippen LogP contribution in [0.25, 0.3) is 0 Å². The van der Waals surface area contributed by atoms with E-state index >= 15 is 0 Å². The Bertz CT molecular complexity index is 430. The van der Waals surface area contributed by atoms with Crippen molar-refractivity contribution in [2.45, 2.75) is 25.4 Å². The maximum Gasteiger partial charge on any atom is 0.341 e. The predicted octanol–water partition coefficient (Wildman–Crippen LogP) is 2.26. The fraction of sp³-hybridized carbons (Fsp3) is 0.364. The van der Waals surface area contributed by atoms with Gasteiger partial charge in [-0.05, 0) is 25.3 Å². The van der Waals surface area contributed by atoms with Gasteiger partial charge in [-0.1, -0.05) is 0 Å². The lowest BCUT2D eigenvalue weighted by Gasteiger charge is -2.25. The number of nitrogens with two attached hydrogens (primary N) is 1. The van der Waals surface area contributed by atoms with Crippen LogP contribution in [0.15, 0.2) is 12.1 Å². The molecule has 2 N–H and O–H groups in total. The average Bonchev–Trinajstić information content (AvgIpc) is 2.17. The van der Waals surface area contributed by atoms with E-state index in [1.807, 2.05) is 0 Å². The van der Waals surface area contributed by atoms with Gasteiger partial charge in [-0.15, -0.1) is 0 Å². The highest BCUT2D eigenvalue weighted by Crippen LogP contribution is 2.24. The van der Waals surface area contributed by atoms with Crippen LogP contribution in [0.2, 0.25) is 0 Å². The minimum absolute atomic E-state index is 0.141. The van der Waals surface area contributed by atoms with Gasteiger partial charge in [0, 0.05) is 6.07 Å². The van der Waals surface area contributed by atoms with Crippen molar-refractivity contribution in [1.29, 1.82) is 0 Å². The highest BCUT2D eigenvalue weighted by molar-refractivity contribution is 5.90. The molecule has 1 aromatic carbocycles. The molecule has 1 saturated carbocycles. The molecule has 0 aliphatic heterocycles. The summed E-state index contributed by atoms with van der Waals surface area (Å²) in [6.45, 7) is 0. The third-order valence-electron chi connectivity index (χ3n) is 2.63. The van der Waals surface area contributed by atoms with Crippen LogP contribution in [0.1, 0.15) is 29.6 Å². The molecule has 0 heterocycles. The molecule has 16 heavy (non-hydrogen) atoms. The molecule has 0 aromatic heterocycles. The smallest absolute Gasteiger partial charge is 0.341 e. The molecule has 1 aliphatic carbocycles. The molecule has 0 amide bonds. The zero-order chi connectivity index (χ0) is 11.7. The van der Waals surface area contributed by atoms with E-state index in [4.69, 9.17) is 10.5 Å². The largest absolute Gasteiger partial charge is 0.459 e. The molecule has 1 aliphatic rings. The van der Waals surface area contributed by atoms with Crippen LogP contribution < -0.4 is 5.73 Å². The molecule has 0 unspecified atom stereocenters. The fourth-order valence-corrected chi connectivity index (χ4v) is 1.43. The van der Waals surface area contributed by atoms with E-state index < -0.39 is 17.6 Å². The van der Waals surface area contributed by atoms with E-state index in [0.29, 0.717) is 6.07 Å². The fourth-order valence-electron chi connectivity index (χ4n) is 1.43. The summed E-state index contributed by atoms with van der Waals surface area (Å²) in [4.78, 5) is 11.5. The molecule has 0 bridgehead atoms. The second kappa shape index (κ2) is 4.08. The molecule has 0 atom stereocenters. The van der Waals surface area contributed by atoms with Crippen LogP contribution in [0.4, 0.5) is 14.5 Å². The second-order valence-corrected chi connectivity index (χ2v) is 3.81. The van der Waals surface area contributed by atoms with Crippen LogP contribution in [0.3, 0.4) is 0 Å². The van der Waals surface area contributed by atoms with Crippen molar-refractivity contribution in [3.05, 3.63) is 29.3 Å². The van der Waals surface area contributed by atoms with Crippen LogP contribution in [-0.4, -0.2) is 12.1 Å². The van der Waals surface area contributed by atoms with Crippen molar-refractivity contribution in [1.82, 2.24) is 0 Å². The van der Waals surface area contributed by atoms with Crippen molar-refractivity contribution < 1.29 is 18.3 Å². The van der Waals surface area contributed by atoms with Gasteiger partial charge in [0.15, 0.2) is 0 Å². The maximum atomic E-state index is 13.3. The van der Waals surface area contributed by atoms with E-state index in [-0.39, 0.29) is 17.4 Å². The van der Waals surface area contributed by atoms with E-state index in [9.17, 15) is 13.6 Å². The number of halogens is 2. The van der Waals surface area contributed by atoms with Crippen LogP contribution in [0.5, 0.6) is 0 Å². The van der Waals surface area contributed by atoms with Crippen LogP contribution >= 0.6 is 0 Å². The van der Waals surface area contributed by atoms with Gasteiger partial charge in [0.25, 0.3) is 0 Å². The Balaban J connectivity index is 2.18. The number of rotatable bonds is 2. The molecule has 0 spiro atoms. The molecule has 3 nitrogen and oxygen atoms in total. The number of hydrogen-bond donors (Lipinski definition) is 1. The van der Waals surface area contributed by atoms with Gasteiger partial charge < -0.3 is 10.5 Å². The Labute approximate surface area is 91.2 Å². The van der Waals surface area contributed by atoms with Gasteiger partial charge in [0.05, 0.1) is 11.3 Å². The summed E-state index contributed by atoms with van der Waals surface area (Å²) in [7, 11) is 0. The number of benzene rings is 1. The summed E-state index contributed by atoms with van der Waals surface area (Å²) < 4.78 is 31.1. The summed E-state index contributed by atoms with van der Waals surface area (Å²) in [6.07, 6.45) is 2.46. The summed E-state index contributed by atoms with van der Waals surface area (Å²) in [5.74, 6) is -2.61. The number of anilines is 1. The highest BCUT2D eigenvalue weighted by Gasteiger charge is 2.24. The van der Waals surface area contributed by atoms with Gasteiger partial charge in [-0.3, -0.25) is 0 Å². The van der Waals surface area contributed by atoms with Gasteiger partial charge in [0.2, 0.25) is 0 Å². The lowest BCUT2D eigenvalue weighted by Crippen LogP contribution is -2.25. The summed E-state index contributed by atoms with van der Waals surface area (Å²) in [5, 5.41) is 0. The number of ether oxygens (including phenoxy) is 1. The van der Waals surface area contributed by atoms with Crippen molar-refractivity contribution in [3.8, 4) is 0 Å². The van der Waals surface area contributed by atoms with Crippen molar-refractivity contribution in [2.75, 3.05) is 5.73 Å². The third kappa shape index (κ3) is 1.98. The standard InChI is InChI=1S/C11H11F2NO2/c12-8-5-9(13)10(14)4-7(8)11(15)16-6-2-1-3-6/h4-6H,1-3,14H2. The predicted molar refractivity (Wildman–Crippen MR) is 53.8 cm³/mol. The zero-order valence-corrected chi connectivity index (χ0v) is 8.50. The first-order chi connectivity index (χ1) is 7.58. The lowest BCUT2D eigenvalue weighted by molar-refractivity contribution is 0.00854. The van der Waals surface area contributed by atoms with E-state index in [1.54, 1.807) is 0 Å². The summed E-state index contributed by atoms with van der Waals surface area (Å²) >= 11 is 0. The minimum Gasteiger partial charge on any atom is -0.459 e. The lowest BCUT2D eigenvalue weighted by atomic mass is 9.96. The molecule has 1 fully saturated rings. The summed E-state index contributed by atoms with van der Waals surface area (Å²) in [5.41, 5.74) is 4.68. The first-order valence-corrected chi connectivity index (χ1v) is 5.03. The Kier molecular flexibility index (Phi) is 2.77. The second-order valence-electron chi connectivity index (χ2n) is 3.81. The number of carbonyl (C=O) groups is 1. The maximum absolute atomic E-state index is 13.3. The molecular formula is C11H11F2NO2. The van der Waals surface area contributed by atoms with Crippen molar-refractivity contribution in [3.63, 3.8) is 0 Å². The minimum atomic E-state index is -0.948. The third-order valence-corrected chi connectivity index (χ3v) is 2.63. The molecule has 0 radical (unpaired) electrons.